The van der Waals surface area contributed by atoms with Crippen LogP contribution in [0.3, 0.4) is 0 Å². The minimum Gasteiger partial charge on any atom is -0.355 e. The molecule has 2 aliphatic rings. The lowest BCUT2D eigenvalue weighted by molar-refractivity contribution is -0.137. The molecule has 4 amide bonds. The van der Waals surface area contributed by atoms with Crippen LogP contribution in [0.1, 0.15) is 30.9 Å². The Hall–Kier alpha value is -3.55. The Labute approximate surface area is 200 Å². The van der Waals surface area contributed by atoms with Gasteiger partial charge in [-0.05, 0) is 56.9 Å². The van der Waals surface area contributed by atoms with E-state index in [0.29, 0.717) is 39.1 Å². The average Bonchev–Trinajstić information content (AvgIpc) is 3.08. The number of carbonyl (C=O) groups excluding carboxylic acids is 3. The van der Waals surface area contributed by atoms with Crippen molar-refractivity contribution in [3.8, 4) is 0 Å². The number of rotatable bonds is 5. The first-order chi connectivity index (χ1) is 16.4. The minimum absolute atomic E-state index is 0.0362. The fourth-order valence-electron chi connectivity index (χ4n) is 5.03. The number of nitrogens with zero attached hydrogens (tertiary/aromatic N) is 3. The molecule has 2 fully saturated rings. The van der Waals surface area contributed by atoms with Crippen LogP contribution < -0.4 is 15.5 Å². The van der Waals surface area contributed by atoms with Crippen molar-refractivity contribution < 1.29 is 14.4 Å². The van der Waals surface area contributed by atoms with Crippen LogP contribution in [0.4, 0.5) is 16.2 Å². The van der Waals surface area contributed by atoms with Crippen molar-refractivity contribution in [3.05, 3.63) is 59.7 Å². The van der Waals surface area contributed by atoms with E-state index in [1.165, 1.54) is 0 Å². The van der Waals surface area contributed by atoms with Crippen molar-refractivity contribution in [1.29, 1.82) is 0 Å². The zero-order valence-electron chi connectivity index (χ0n) is 20.1. The molecule has 0 aromatic heterocycles. The summed E-state index contributed by atoms with van der Waals surface area (Å²) in [6.07, 6.45) is 1.01. The van der Waals surface area contributed by atoms with Crippen molar-refractivity contribution in [3.63, 3.8) is 0 Å². The maximum Gasteiger partial charge on any atom is 0.321 e. The summed E-state index contributed by atoms with van der Waals surface area (Å²) in [5.41, 5.74) is 3.06. The molecule has 2 heterocycles. The molecule has 0 unspecified atom stereocenters. The van der Waals surface area contributed by atoms with Crippen molar-refractivity contribution in [2.45, 2.75) is 39.2 Å². The van der Waals surface area contributed by atoms with Gasteiger partial charge in [-0.1, -0.05) is 36.4 Å². The molecular formula is C26H33N5O3. The Kier molecular flexibility index (Phi) is 6.77. The van der Waals surface area contributed by atoms with E-state index < -0.39 is 5.54 Å². The molecule has 0 bridgehead atoms. The number of benzene rings is 2. The number of likely N-dealkylation sites (tertiary alicyclic amines) is 1. The van der Waals surface area contributed by atoms with Crippen LogP contribution in [0.2, 0.25) is 0 Å². The number of hydrogen-bond acceptors (Lipinski definition) is 4. The second-order valence-electron chi connectivity index (χ2n) is 9.08. The first-order valence-corrected chi connectivity index (χ1v) is 11.9. The zero-order valence-corrected chi connectivity index (χ0v) is 20.1. The number of anilines is 2. The Morgan fingerprint density at radius 2 is 1.62 bits per heavy atom. The van der Waals surface area contributed by atoms with Crippen LogP contribution >= 0.6 is 0 Å². The summed E-state index contributed by atoms with van der Waals surface area (Å²) in [7, 11) is 0. The molecule has 2 saturated heterocycles. The number of urea groups is 1. The molecule has 0 saturated carbocycles. The lowest BCUT2D eigenvalue weighted by Gasteiger charge is -2.43. The second kappa shape index (κ2) is 9.75. The molecule has 34 heavy (non-hydrogen) atoms. The van der Waals surface area contributed by atoms with Crippen LogP contribution in [0.25, 0.3) is 0 Å². The van der Waals surface area contributed by atoms with Gasteiger partial charge in [0.05, 0.1) is 6.67 Å². The summed E-state index contributed by atoms with van der Waals surface area (Å²) in [5, 5.41) is 5.84. The quantitative estimate of drug-likeness (QED) is 0.714. The number of likely N-dealkylation sites (N-methyl/N-ethyl adjacent to an activating group) is 1. The highest BCUT2D eigenvalue weighted by Crippen LogP contribution is 2.39. The van der Waals surface area contributed by atoms with Gasteiger partial charge in [0.15, 0.2) is 0 Å². The topological polar surface area (TPSA) is 85.0 Å². The molecular weight excluding hydrogens is 430 g/mol. The van der Waals surface area contributed by atoms with E-state index in [2.05, 4.69) is 15.5 Å². The molecule has 8 nitrogen and oxygen atoms in total. The normalized spacial score (nSPS) is 17.3. The molecule has 0 aliphatic carbocycles. The third kappa shape index (κ3) is 4.44. The molecule has 8 heteroatoms. The average molecular weight is 464 g/mol. The number of carbonyl (C=O) groups is 3. The summed E-state index contributed by atoms with van der Waals surface area (Å²) in [6, 6.07) is 15.6. The zero-order chi connectivity index (χ0) is 24.3. The van der Waals surface area contributed by atoms with Gasteiger partial charge in [-0.3, -0.25) is 9.59 Å². The lowest BCUT2D eigenvalue weighted by Crippen LogP contribution is -2.58. The third-order valence-corrected chi connectivity index (χ3v) is 6.88. The SMILES string of the molecule is CCNC(=O)CN1CN(c2ccccc2)C2(CCN(C(=O)Nc3c(C)cccc3C)CC2)C1=O. The standard InChI is InChI=1S/C26H33N5O3/c1-4-27-22(32)17-30-18-31(21-11-6-5-7-12-21)26(24(30)33)13-15-29(16-14-26)25(34)28-23-19(2)9-8-10-20(23)3/h5-12H,4,13-18H2,1-3H3,(H,27,32)(H,28,34). The van der Waals surface area contributed by atoms with Crippen molar-refractivity contribution in [2.75, 3.05) is 43.1 Å². The van der Waals surface area contributed by atoms with Gasteiger partial charge < -0.3 is 25.3 Å². The van der Waals surface area contributed by atoms with Gasteiger partial charge in [-0.15, -0.1) is 0 Å². The monoisotopic (exact) mass is 463 g/mol. The van der Waals surface area contributed by atoms with E-state index in [9.17, 15) is 14.4 Å². The fourth-order valence-corrected chi connectivity index (χ4v) is 5.03. The van der Waals surface area contributed by atoms with Crippen molar-refractivity contribution in [2.24, 2.45) is 0 Å². The van der Waals surface area contributed by atoms with E-state index in [1.54, 1.807) is 9.80 Å². The highest BCUT2D eigenvalue weighted by atomic mass is 16.2. The maximum absolute atomic E-state index is 13.6. The van der Waals surface area contributed by atoms with Gasteiger partial charge in [-0.2, -0.15) is 0 Å². The van der Waals surface area contributed by atoms with Crippen molar-refractivity contribution >= 4 is 29.2 Å². The Balaban J connectivity index is 1.52. The van der Waals surface area contributed by atoms with Gasteiger partial charge >= 0.3 is 6.03 Å². The summed E-state index contributed by atoms with van der Waals surface area (Å²) in [6.45, 7) is 7.66. The molecule has 2 aromatic rings. The molecule has 2 aromatic carbocycles. The maximum atomic E-state index is 13.6. The summed E-state index contributed by atoms with van der Waals surface area (Å²) in [4.78, 5) is 44.4. The number of hydrogen-bond donors (Lipinski definition) is 2. The summed E-state index contributed by atoms with van der Waals surface area (Å²) >= 11 is 0. The molecule has 0 radical (unpaired) electrons. The number of para-hydroxylation sites is 2. The van der Waals surface area contributed by atoms with E-state index in [1.807, 2.05) is 69.3 Å². The van der Waals surface area contributed by atoms with Gasteiger partial charge in [0.1, 0.15) is 12.1 Å². The van der Waals surface area contributed by atoms with Gasteiger partial charge in [0.2, 0.25) is 5.91 Å². The van der Waals surface area contributed by atoms with Crippen LogP contribution in [-0.2, 0) is 9.59 Å². The highest BCUT2D eigenvalue weighted by molar-refractivity contribution is 5.97. The number of piperidine rings is 1. The summed E-state index contributed by atoms with van der Waals surface area (Å²) < 4.78 is 0. The molecule has 180 valence electrons. The van der Waals surface area contributed by atoms with Crippen LogP contribution in [0.15, 0.2) is 48.5 Å². The van der Waals surface area contributed by atoms with Crippen LogP contribution in [0.5, 0.6) is 0 Å². The lowest BCUT2D eigenvalue weighted by atomic mass is 9.85. The number of aryl methyl sites for hydroxylation is 2. The molecule has 4 rings (SSSR count). The van der Waals surface area contributed by atoms with Gasteiger partial charge in [-0.25, -0.2) is 4.79 Å². The van der Waals surface area contributed by atoms with Gasteiger partial charge in [0.25, 0.3) is 5.91 Å². The molecule has 0 atom stereocenters. The van der Waals surface area contributed by atoms with E-state index in [-0.39, 0.29) is 24.4 Å². The number of nitrogens with one attached hydrogen (secondary N) is 2. The number of amides is 4. The van der Waals surface area contributed by atoms with E-state index >= 15 is 0 Å². The highest BCUT2D eigenvalue weighted by Gasteiger charge is 2.54. The van der Waals surface area contributed by atoms with Crippen molar-refractivity contribution in [1.82, 2.24) is 15.1 Å². The predicted octanol–water partition coefficient (Wildman–Crippen LogP) is 3.11. The second-order valence-corrected chi connectivity index (χ2v) is 9.08. The smallest absolute Gasteiger partial charge is 0.321 e. The van der Waals surface area contributed by atoms with E-state index in [4.69, 9.17) is 0 Å². The van der Waals surface area contributed by atoms with Gasteiger partial charge in [0, 0.05) is 31.0 Å². The Morgan fingerprint density at radius 3 is 2.24 bits per heavy atom. The molecule has 2 N–H and O–H groups in total. The largest absolute Gasteiger partial charge is 0.355 e. The molecule has 2 aliphatic heterocycles. The first kappa shape index (κ1) is 23.6. The minimum atomic E-state index is -0.761. The Bertz CT molecular complexity index is 1040. The molecule has 1 spiro atoms. The van der Waals surface area contributed by atoms with E-state index in [0.717, 1.165) is 22.5 Å². The summed E-state index contributed by atoms with van der Waals surface area (Å²) in [5.74, 6) is -0.205. The van der Waals surface area contributed by atoms with Crippen LogP contribution in [-0.4, -0.2) is 66.0 Å². The fraction of sp³-hybridized carbons (Fsp3) is 0.423. The predicted molar refractivity (Wildman–Crippen MR) is 133 cm³/mol. The third-order valence-electron chi connectivity index (χ3n) is 6.88. The first-order valence-electron chi connectivity index (χ1n) is 11.9. The van der Waals surface area contributed by atoms with Crippen LogP contribution in [0, 0.1) is 13.8 Å². The Morgan fingerprint density at radius 1 is 0.971 bits per heavy atom.